The molecule has 2 aromatic heterocycles. The molecule has 0 unspecified atom stereocenters. The Balaban J connectivity index is 1.86. The quantitative estimate of drug-likeness (QED) is 0.478. The molecule has 3 N–H and O–H groups in total. The summed E-state index contributed by atoms with van der Waals surface area (Å²) in [7, 11) is 0. The van der Waals surface area contributed by atoms with Crippen LogP contribution in [0.4, 0.5) is 10.5 Å². The highest BCUT2D eigenvalue weighted by molar-refractivity contribution is 5.91. The van der Waals surface area contributed by atoms with Crippen molar-refractivity contribution in [1.82, 2.24) is 25.4 Å². The number of hydrogen-bond acceptors (Lipinski definition) is 5. The van der Waals surface area contributed by atoms with Crippen LogP contribution in [0.25, 0.3) is 11.0 Å². The van der Waals surface area contributed by atoms with Gasteiger partial charge in [0.2, 0.25) is 0 Å². The molecule has 0 saturated carbocycles. The highest BCUT2D eigenvalue weighted by Crippen LogP contribution is 2.31. The number of aryl methyl sites for hydroxylation is 2. The van der Waals surface area contributed by atoms with E-state index in [-0.39, 0.29) is 12.1 Å². The van der Waals surface area contributed by atoms with Gasteiger partial charge in [-0.05, 0) is 39.0 Å². The fraction of sp³-hybridized carbons (Fsp3) is 0.708. The molecule has 3 heterocycles. The fourth-order valence-electron chi connectivity index (χ4n) is 4.49. The molecule has 1 fully saturated rings. The summed E-state index contributed by atoms with van der Waals surface area (Å²) >= 11 is 0. The van der Waals surface area contributed by atoms with Gasteiger partial charge < -0.3 is 20.7 Å². The van der Waals surface area contributed by atoms with E-state index < -0.39 is 0 Å². The third-order valence-electron chi connectivity index (χ3n) is 6.21. The van der Waals surface area contributed by atoms with Crippen molar-refractivity contribution in [2.45, 2.75) is 97.8 Å². The van der Waals surface area contributed by atoms with Crippen LogP contribution in [0.15, 0.2) is 6.20 Å². The fourth-order valence-corrected chi connectivity index (χ4v) is 4.49. The molecule has 2 amide bonds. The molecule has 0 aromatic carbocycles. The Labute approximate surface area is 191 Å². The van der Waals surface area contributed by atoms with Gasteiger partial charge >= 0.3 is 6.03 Å². The number of hydrogen-bond donors (Lipinski definition) is 3. The van der Waals surface area contributed by atoms with Crippen LogP contribution in [-0.4, -0.2) is 46.1 Å². The standard InChI is InChI=1S/C24H40N6O2/c1-5-9-17(10-6-2)28-24(31)25-15-19-21(7-3)29-23-20(16-26-30(23)8-4)22(19)27-18-11-13-32-14-12-18/h16-18H,5-15H2,1-4H3,(H,27,29)(H2,25,28,31). The maximum Gasteiger partial charge on any atom is 0.315 e. The van der Waals surface area contributed by atoms with Gasteiger partial charge in [0, 0.05) is 49.6 Å². The van der Waals surface area contributed by atoms with E-state index in [0.717, 1.165) is 92.7 Å². The first-order valence-electron chi connectivity index (χ1n) is 12.4. The number of amides is 2. The summed E-state index contributed by atoms with van der Waals surface area (Å²) in [4.78, 5) is 17.6. The lowest BCUT2D eigenvalue weighted by atomic mass is 10.0. The first kappa shape index (κ1) is 24.3. The van der Waals surface area contributed by atoms with Crippen molar-refractivity contribution in [3.05, 3.63) is 17.5 Å². The number of carbonyl (C=O) groups is 1. The van der Waals surface area contributed by atoms with E-state index in [9.17, 15) is 4.79 Å². The Hall–Kier alpha value is -2.35. The minimum absolute atomic E-state index is 0.111. The van der Waals surface area contributed by atoms with Crippen LogP contribution in [0.2, 0.25) is 0 Å². The minimum Gasteiger partial charge on any atom is -0.381 e. The zero-order valence-electron chi connectivity index (χ0n) is 20.2. The van der Waals surface area contributed by atoms with Gasteiger partial charge in [0.1, 0.15) is 0 Å². The Kier molecular flexibility index (Phi) is 9.14. The number of carbonyl (C=O) groups excluding carboxylic acids is 1. The molecule has 1 aliphatic rings. The van der Waals surface area contributed by atoms with E-state index in [4.69, 9.17) is 9.72 Å². The average molecular weight is 445 g/mol. The third kappa shape index (κ3) is 5.91. The number of aromatic nitrogens is 3. The van der Waals surface area contributed by atoms with Crippen molar-refractivity contribution in [1.29, 1.82) is 0 Å². The monoisotopic (exact) mass is 444 g/mol. The lowest BCUT2D eigenvalue weighted by Gasteiger charge is -2.27. The van der Waals surface area contributed by atoms with Gasteiger partial charge in [0.25, 0.3) is 0 Å². The number of nitrogens with one attached hydrogen (secondary N) is 3. The molecular formula is C24H40N6O2. The number of ether oxygens (including phenoxy) is 1. The Morgan fingerprint density at radius 1 is 1.19 bits per heavy atom. The maximum atomic E-state index is 12.7. The summed E-state index contributed by atoms with van der Waals surface area (Å²) in [6, 6.07) is 0.453. The van der Waals surface area contributed by atoms with Crippen molar-refractivity contribution >= 4 is 22.8 Å². The Bertz CT molecular complexity index is 869. The molecule has 0 atom stereocenters. The molecule has 0 radical (unpaired) electrons. The number of fused-ring (bicyclic) bond motifs is 1. The van der Waals surface area contributed by atoms with Crippen LogP contribution in [0.3, 0.4) is 0 Å². The van der Waals surface area contributed by atoms with Gasteiger partial charge in [-0.1, -0.05) is 33.6 Å². The van der Waals surface area contributed by atoms with Gasteiger partial charge in [-0.25, -0.2) is 14.5 Å². The van der Waals surface area contributed by atoms with E-state index in [1.54, 1.807) is 0 Å². The predicted octanol–water partition coefficient (Wildman–Crippen LogP) is 4.37. The Morgan fingerprint density at radius 2 is 1.91 bits per heavy atom. The van der Waals surface area contributed by atoms with Crippen LogP contribution in [-0.2, 0) is 24.2 Å². The molecule has 0 spiro atoms. The summed E-state index contributed by atoms with van der Waals surface area (Å²) in [6.45, 7) is 11.2. The van der Waals surface area contributed by atoms with Gasteiger partial charge in [-0.15, -0.1) is 0 Å². The van der Waals surface area contributed by atoms with E-state index in [1.165, 1.54) is 0 Å². The molecule has 0 aliphatic carbocycles. The van der Waals surface area contributed by atoms with Crippen LogP contribution in [0, 0.1) is 0 Å². The highest BCUT2D eigenvalue weighted by Gasteiger charge is 2.22. The molecule has 0 bridgehead atoms. The number of anilines is 1. The van der Waals surface area contributed by atoms with E-state index in [1.807, 2.05) is 10.9 Å². The van der Waals surface area contributed by atoms with Gasteiger partial charge in [0.15, 0.2) is 5.65 Å². The zero-order chi connectivity index (χ0) is 22.9. The van der Waals surface area contributed by atoms with Gasteiger partial charge in [-0.2, -0.15) is 5.10 Å². The molecule has 2 aromatic rings. The van der Waals surface area contributed by atoms with Crippen molar-refractivity contribution < 1.29 is 9.53 Å². The molecular weight excluding hydrogens is 404 g/mol. The molecule has 1 aliphatic heterocycles. The topological polar surface area (TPSA) is 93.1 Å². The number of urea groups is 1. The van der Waals surface area contributed by atoms with Crippen LogP contribution in [0.5, 0.6) is 0 Å². The summed E-state index contributed by atoms with van der Waals surface area (Å²) in [5, 5.41) is 15.6. The summed E-state index contributed by atoms with van der Waals surface area (Å²) in [6.07, 6.45) is 8.75. The Morgan fingerprint density at radius 3 is 2.53 bits per heavy atom. The summed E-state index contributed by atoms with van der Waals surface area (Å²) < 4.78 is 7.48. The number of rotatable bonds is 11. The average Bonchev–Trinajstić information content (AvgIpc) is 3.22. The minimum atomic E-state index is -0.111. The predicted molar refractivity (Wildman–Crippen MR) is 129 cm³/mol. The van der Waals surface area contributed by atoms with E-state index >= 15 is 0 Å². The van der Waals surface area contributed by atoms with Gasteiger partial charge in [0.05, 0.1) is 17.3 Å². The second kappa shape index (κ2) is 12.0. The largest absolute Gasteiger partial charge is 0.381 e. The summed E-state index contributed by atoms with van der Waals surface area (Å²) in [5.41, 5.74) is 4.01. The first-order chi connectivity index (χ1) is 15.6. The molecule has 1 saturated heterocycles. The highest BCUT2D eigenvalue weighted by atomic mass is 16.5. The normalized spacial score (nSPS) is 14.8. The van der Waals surface area contributed by atoms with Crippen molar-refractivity contribution in [2.75, 3.05) is 18.5 Å². The maximum absolute atomic E-state index is 12.7. The second-order valence-electron chi connectivity index (χ2n) is 8.60. The molecule has 178 valence electrons. The first-order valence-corrected chi connectivity index (χ1v) is 12.4. The van der Waals surface area contributed by atoms with Crippen LogP contribution < -0.4 is 16.0 Å². The van der Waals surface area contributed by atoms with Crippen LogP contribution >= 0.6 is 0 Å². The molecule has 32 heavy (non-hydrogen) atoms. The zero-order valence-corrected chi connectivity index (χ0v) is 20.2. The number of pyridine rings is 1. The second-order valence-corrected chi connectivity index (χ2v) is 8.60. The number of nitrogens with zero attached hydrogens (tertiary/aromatic N) is 3. The smallest absolute Gasteiger partial charge is 0.315 e. The lowest BCUT2D eigenvalue weighted by Crippen LogP contribution is -2.42. The van der Waals surface area contributed by atoms with Crippen molar-refractivity contribution in [3.8, 4) is 0 Å². The lowest BCUT2D eigenvalue weighted by molar-refractivity contribution is 0.0904. The molecule has 3 rings (SSSR count). The third-order valence-corrected chi connectivity index (χ3v) is 6.21. The molecule has 8 heteroatoms. The SMILES string of the molecule is CCCC(CCC)NC(=O)NCc1c(CC)nc2c(cnn2CC)c1NC1CCOCC1. The van der Waals surface area contributed by atoms with Gasteiger partial charge in [-0.3, -0.25) is 0 Å². The summed E-state index contributed by atoms with van der Waals surface area (Å²) in [5.74, 6) is 0. The molecule has 8 nitrogen and oxygen atoms in total. The van der Waals surface area contributed by atoms with Crippen molar-refractivity contribution in [3.63, 3.8) is 0 Å². The van der Waals surface area contributed by atoms with E-state index in [0.29, 0.717) is 12.6 Å². The van der Waals surface area contributed by atoms with E-state index in [2.05, 4.69) is 48.7 Å². The van der Waals surface area contributed by atoms with Crippen molar-refractivity contribution in [2.24, 2.45) is 0 Å². The van der Waals surface area contributed by atoms with Crippen LogP contribution in [0.1, 0.15) is 77.5 Å².